The molecule has 0 atom stereocenters. The van der Waals surface area contributed by atoms with Gasteiger partial charge in [0.15, 0.2) is 5.78 Å². The zero-order valence-corrected chi connectivity index (χ0v) is 10.2. The number of halogens is 3. The van der Waals surface area contributed by atoms with Gasteiger partial charge in [0, 0.05) is 18.1 Å². The second-order valence-electron chi connectivity index (χ2n) is 4.34. The number of carbonyl (C=O) groups excluding carboxylic acids is 1. The molecule has 2 rings (SSSR count). The van der Waals surface area contributed by atoms with Crippen molar-refractivity contribution in [3.63, 3.8) is 0 Å². The second kappa shape index (κ2) is 5.26. The van der Waals surface area contributed by atoms with Crippen LogP contribution in [0.4, 0.5) is 13.2 Å². The highest BCUT2D eigenvalue weighted by atomic mass is 19.1. The first-order chi connectivity index (χ1) is 8.95. The van der Waals surface area contributed by atoms with Crippen LogP contribution in [0, 0.1) is 24.4 Å². The topological polar surface area (TPSA) is 17.1 Å². The smallest absolute Gasteiger partial charge is 0.167 e. The Balaban J connectivity index is 2.22. The molecule has 0 aliphatic heterocycles. The zero-order valence-electron chi connectivity index (χ0n) is 10.2. The van der Waals surface area contributed by atoms with Crippen LogP contribution in [-0.4, -0.2) is 5.78 Å². The summed E-state index contributed by atoms with van der Waals surface area (Å²) in [7, 11) is 0. The third-order valence-electron chi connectivity index (χ3n) is 2.77. The van der Waals surface area contributed by atoms with Crippen molar-refractivity contribution in [1.82, 2.24) is 0 Å². The maximum atomic E-state index is 13.1. The lowest BCUT2D eigenvalue weighted by atomic mass is 10.0. The van der Waals surface area contributed by atoms with Crippen LogP contribution >= 0.6 is 0 Å². The molecule has 0 radical (unpaired) electrons. The van der Waals surface area contributed by atoms with Gasteiger partial charge in [-0.2, -0.15) is 0 Å². The van der Waals surface area contributed by atoms with Gasteiger partial charge in [0.1, 0.15) is 17.5 Å². The molecule has 0 heterocycles. The van der Waals surface area contributed by atoms with Gasteiger partial charge < -0.3 is 0 Å². The lowest BCUT2D eigenvalue weighted by molar-refractivity contribution is 0.0993. The van der Waals surface area contributed by atoms with Gasteiger partial charge in [-0.05, 0) is 48.4 Å². The maximum absolute atomic E-state index is 13.1. The summed E-state index contributed by atoms with van der Waals surface area (Å²) in [6, 6.07) is 6.95. The van der Waals surface area contributed by atoms with Crippen molar-refractivity contribution in [2.24, 2.45) is 0 Å². The third kappa shape index (κ3) is 3.22. The molecule has 19 heavy (non-hydrogen) atoms. The van der Waals surface area contributed by atoms with Crippen LogP contribution < -0.4 is 0 Å². The Hall–Kier alpha value is -2.10. The summed E-state index contributed by atoms with van der Waals surface area (Å²) in [5.74, 6) is -2.15. The van der Waals surface area contributed by atoms with E-state index in [-0.39, 0.29) is 17.8 Å². The highest BCUT2D eigenvalue weighted by molar-refractivity contribution is 5.97. The van der Waals surface area contributed by atoms with Gasteiger partial charge in [-0.15, -0.1) is 0 Å². The molecular formula is C15H11F3O. The molecule has 2 aromatic rings. The Morgan fingerprint density at radius 1 is 1.00 bits per heavy atom. The molecule has 98 valence electrons. The molecule has 0 saturated carbocycles. The molecule has 0 bridgehead atoms. The van der Waals surface area contributed by atoms with Crippen molar-refractivity contribution in [2.45, 2.75) is 13.3 Å². The van der Waals surface area contributed by atoms with E-state index in [2.05, 4.69) is 0 Å². The fourth-order valence-corrected chi connectivity index (χ4v) is 1.82. The monoisotopic (exact) mass is 264 g/mol. The van der Waals surface area contributed by atoms with Crippen molar-refractivity contribution >= 4 is 5.78 Å². The Labute approximate surface area is 108 Å². The van der Waals surface area contributed by atoms with Crippen LogP contribution in [0.3, 0.4) is 0 Å². The average molecular weight is 264 g/mol. The van der Waals surface area contributed by atoms with Crippen LogP contribution in [0.25, 0.3) is 0 Å². The van der Waals surface area contributed by atoms with Gasteiger partial charge in [0.2, 0.25) is 0 Å². The number of Topliss-reactive ketones (excluding diaryl/α,β-unsaturated/α-hetero) is 1. The zero-order chi connectivity index (χ0) is 14.0. The Bertz CT molecular complexity index is 615. The van der Waals surface area contributed by atoms with Crippen LogP contribution in [0.2, 0.25) is 0 Å². The van der Waals surface area contributed by atoms with E-state index in [4.69, 9.17) is 0 Å². The summed E-state index contributed by atoms with van der Waals surface area (Å²) >= 11 is 0. The van der Waals surface area contributed by atoms with Gasteiger partial charge in [0.25, 0.3) is 0 Å². The van der Waals surface area contributed by atoms with Crippen LogP contribution in [0.15, 0.2) is 36.4 Å². The molecule has 0 N–H and O–H groups in total. The molecule has 4 heteroatoms. The minimum atomic E-state index is -0.724. The van der Waals surface area contributed by atoms with Crippen molar-refractivity contribution in [1.29, 1.82) is 0 Å². The van der Waals surface area contributed by atoms with Crippen molar-refractivity contribution in [3.05, 3.63) is 70.5 Å². The molecule has 1 nitrogen and oxygen atoms in total. The largest absolute Gasteiger partial charge is 0.294 e. The highest BCUT2D eigenvalue weighted by Gasteiger charge is 2.10. The molecule has 0 spiro atoms. The first-order valence-corrected chi connectivity index (χ1v) is 5.70. The van der Waals surface area contributed by atoms with Gasteiger partial charge in [0.05, 0.1) is 0 Å². The summed E-state index contributed by atoms with van der Waals surface area (Å²) in [6.07, 6.45) is -0.125. The Morgan fingerprint density at radius 3 is 2.21 bits per heavy atom. The second-order valence-corrected chi connectivity index (χ2v) is 4.34. The number of benzene rings is 2. The molecular weight excluding hydrogens is 253 g/mol. The van der Waals surface area contributed by atoms with E-state index in [1.165, 1.54) is 18.2 Å². The summed E-state index contributed by atoms with van der Waals surface area (Å²) in [4.78, 5) is 11.9. The molecule has 0 aliphatic rings. The fourth-order valence-electron chi connectivity index (χ4n) is 1.82. The average Bonchev–Trinajstić information content (AvgIpc) is 2.31. The van der Waals surface area contributed by atoms with Crippen molar-refractivity contribution in [2.75, 3.05) is 0 Å². The summed E-state index contributed by atoms with van der Waals surface area (Å²) < 4.78 is 39.1. The number of aryl methyl sites for hydroxylation is 1. The van der Waals surface area contributed by atoms with E-state index >= 15 is 0 Å². The molecule has 0 saturated heterocycles. The van der Waals surface area contributed by atoms with Gasteiger partial charge in [-0.3, -0.25) is 4.79 Å². The lowest BCUT2D eigenvalue weighted by Gasteiger charge is -2.04. The van der Waals surface area contributed by atoms with Crippen LogP contribution in [-0.2, 0) is 6.42 Å². The Kier molecular flexibility index (Phi) is 3.69. The van der Waals surface area contributed by atoms with E-state index in [9.17, 15) is 18.0 Å². The molecule has 0 unspecified atom stereocenters. The number of hydrogen-bond donors (Lipinski definition) is 0. The quantitative estimate of drug-likeness (QED) is 0.770. The van der Waals surface area contributed by atoms with Crippen molar-refractivity contribution < 1.29 is 18.0 Å². The molecule has 0 fully saturated rings. The predicted octanol–water partition coefficient (Wildman–Crippen LogP) is 3.84. The summed E-state index contributed by atoms with van der Waals surface area (Å²) in [6.45, 7) is 1.55. The molecule has 0 aromatic heterocycles. The first-order valence-electron chi connectivity index (χ1n) is 5.70. The summed E-state index contributed by atoms with van der Waals surface area (Å²) in [5, 5.41) is 0. The van der Waals surface area contributed by atoms with Gasteiger partial charge in [-0.1, -0.05) is 0 Å². The molecule has 2 aromatic carbocycles. The fraction of sp³-hybridized carbons (Fsp3) is 0.133. The van der Waals surface area contributed by atoms with Gasteiger partial charge in [-0.25, -0.2) is 13.2 Å². The highest BCUT2D eigenvalue weighted by Crippen LogP contribution is 2.14. The van der Waals surface area contributed by atoms with E-state index < -0.39 is 17.5 Å². The SMILES string of the molecule is Cc1cc(C(=O)Cc2cc(F)cc(F)c2)ccc1F. The molecule has 0 aliphatic carbocycles. The maximum Gasteiger partial charge on any atom is 0.167 e. The Morgan fingerprint density at radius 2 is 1.63 bits per heavy atom. The summed E-state index contributed by atoms with van der Waals surface area (Å²) in [5.41, 5.74) is 0.935. The van der Waals surface area contributed by atoms with Crippen LogP contribution in [0.5, 0.6) is 0 Å². The van der Waals surface area contributed by atoms with E-state index in [1.807, 2.05) is 0 Å². The number of rotatable bonds is 3. The molecule has 0 amide bonds. The standard InChI is InChI=1S/C15H11F3O/c1-9-4-11(2-3-14(9)18)15(19)7-10-5-12(16)8-13(17)6-10/h2-6,8H,7H2,1H3. The normalized spacial score (nSPS) is 10.5. The van der Waals surface area contributed by atoms with E-state index in [1.54, 1.807) is 6.92 Å². The number of hydrogen-bond acceptors (Lipinski definition) is 1. The minimum Gasteiger partial charge on any atom is -0.294 e. The van der Waals surface area contributed by atoms with Crippen molar-refractivity contribution in [3.8, 4) is 0 Å². The van der Waals surface area contributed by atoms with E-state index in [0.717, 1.165) is 18.2 Å². The van der Waals surface area contributed by atoms with E-state index in [0.29, 0.717) is 11.1 Å². The number of ketones is 1. The number of carbonyl (C=O) groups is 1. The third-order valence-corrected chi connectivity index (χ3v) is 2.77. The first kappa shape index (κ1) is 13.3. The lowest BCUT2D eigenvalue weighted by Crippen LogP contribution is -2.05. The van der Waals surface area contributed by atoms with Gasteiger partial charge >= 0.3 is 0 Å². The van der Waals surface area contributed by atoms with Crippen LogP contribution in [0.1, 0.15) is 21.5 Å². The predicted molar refractivity (Wildman–Crippen MR) is 65.5 cm³/mol. The minimum absolute atomic E-state index is 0.125.